The second kappa shape index (κ2) is 5.46. The van der Waals surface area contributed by atoms with E-state index in [4.69, 9.17) is 9.47 Å². The molecule has 0 aromatic heterocycles. The van der Waals surface area contributed by atoms with Gasteiger partial charge in [-0.05, 0) is 43.1 Å². The first kappa shape index (κ1) is 11.6. The van der Waals surface area contributed by atoms with Crippen molar-refractivity contribution in [1.82, 2.24) is 5.32 Å². The summed E-state index contributed by atoms with van der Waals surface area (Å²) in [6.07, 6.45) is 0.989. The van der Waals surface area contributed by atoms with Crippen molar-refractivity contribution in [1.29, 1.82) is 0 Å². The smallest absolute Gasteiger partial charge is 0.161 e. The quantitative estimate of drug-likeness (QED) is 0.477. The number of fused-ring (bicyclic) bond motifs is 1. The number of aryl methyl sites for hydroxylation is 1. The standard InChI is InChI=1S/C12H17NO2S/c1-9-6-11-12(15-5-4-14-11)7-10(9)2-3-13-8-16/h6-7,13,16H,2-5,8H2,1H3. The van der Waals surface area contributed by atoms with Crippen LogP contribution < -0.4 is 14.8 Å². The lowest BCUT2D eigenvalue weighted by Gasteiger charge is -2.20. The third-order valence-electron chi connectivity index (χ3n) is 2.68. The zero-order valence-corrected chi connectivity index (χ0v) is 10.3. The highest BCUT2D eigenvalue weighted by atomic mass is 32.1. The number of hydrogen-bond acceptors (Lipinski definition) is 4. The summed E-state index contributed by atoms with van der Waals surface area (Å²) in [7, 11) is 0. The molecular weight excluding hydrogens is 222 g/mol. The van der Waals surface area contributed by atoms with Crippen LogP contribution in [0.3, 0.4) is 0 Å². The van der Waals surface area contributed by atoms with Crippen LogP contribution in [0.4, 0.5) is 0 Å². The van der Waals surface area contributed by atoms with Crippen LogP contribution in [0.1, 0.15) is 11.1 Å². The first-order valence-electron chi connectivity index (χ1n) is 5.52. The van der Waals surface area contributed by atoms with Gasteiger partial charge in [0, 0.05) is 5.88 Å². The Bertz CT molecular complexity index is 368. The Morgan fingerprint density at radius 3 is 2.62 bits per heavy atom. The first-order valence-corrected chi connectivity index (χ1v) is 6.15. The van der Waals surface area contributed by atoms with Gasteiger partial charge in [0.05, 0.1) is 0 Å². The molecule has 0 unspecified atom stereocenters. The molecule has 0 bridgehead atoms. The second-order valence-corrected chi connectivity index (χ2v) is 4.15. The zero-order chi connectivity index (χ0) is 11.4. The lowest BCUT2D eigenvalue weighted by atomic mass is 10.0. The molecule has 0 amide bonds. The third kappa shape index (κ3) is 2.62. The van der Waals surface area contributed by atoms with E-state index in [2.05, 4.69) is 37.0 Å². The first-order chi connectivity index (χ1) is 7.81. The molecule has 1 aliphatic rings. The summed E-state index contributed by atoms with van der Waals surface area (Å²) in [5.41, 5.74) is 2.56. The minimum absolute atomic E-state index is 0.643. The maximum atomic E-state index is 5.56. The molecule has 88 valence electrons. The number of hydrogen-bond donors (Lipinski definition) is 2. The van der Waals surface area contributed by atoms with Gasteiger partial charge >= 0.3 is 0 Å². The van der Waals surface area contributed by atoms with Gasteiger partial charge < -0.3 is 14.8 Å². The predicted molar refractivity (Wildman–Crippen MR) is 67.7 cm³/mol. The molecular formula is C12H17NO2S. The van der Waals surface area contributed by atoms with Crippen molar-refractivity contribution in [2.75, 3.05) is 25.6 Å². The van der Waals surface area contributed by atoms with E-state index >= 15 is 0 Å². The summed E-state index contributed by atoms with van der Waals surface area (Å²) in [5.74, 6) is 2.45. The van der Waals surface area contributed by atoms with Crippen LogP contribution in [0.2, 0.25) is 0 Å². The molecule has 0 saturated carbocycles. The highest BCUT2D eigenvalue weighted by molar-refractivity contribution is 7.80. The highest BCUT2D eigenvalue weighted by Crippen LogP contribution is 2.32. The average molecular weight is 239 g/mol. The van der Waals surface area contributed by atoms with Crippen LogP contribution in [0.25, 0.3) is 0 Å². The Hall–Kier alpha value is -0.870. The molecule has 0 spiro atoms. The third-order valence-corrected chi connectivity index (χ3v) is 2.91. The summed E-state index contributed by atoms with van der Waals surface area (Å²) < 4.78 is 11.1. The molecule has 1 aromatic carbocycles. The number of benzene rings is 1. The largest absolute Gasteiger partial charge is 0.486 e. The fourth-order valence-electron chi connectivity index (χ4n) is 1.80. The van der Waals surface area contributed by atoms with Crippen LogP contribution in [-0.2, 0) is 6.42 Å². The molecule has 1 aromatic rings. The summed E-state index contributed by atoms with van der Waals surface area (Å²) in [5, 5.41) is 3.20. The van der Waals surface area contributed by atoms with Gasteiger partial charge in [-0.2, -0.15) is 12.6 Å². The maximum Gasteiger partial charge on any atom is 0.161 e. The van der Waals surface area contributed by atoms with Gasteiger partial charge in [0.1, 0.15) is 13.2 Å². The van der Waals surface area contributed by atoms with Crippen molar-refractivity contribution in [2.24, 2.45) is 0 Å². The van der Waals surface area contributed by atoms with Gasteiger partial charge in [-0.1, -0.05) is 0 Å². The second-order valence-electron chi connectivity index (χ2n) is 3.83. The van der Waals surface area contributed by atoms with Gasteiger partial charge in [0.2, 0.25) is 0 Å². The molecule has 0 radical (unpaired) electrons. The van der Waals surface area contributed by atoms with Crippen molar-refractivity contribution in [2.45, 2.75) is 13.3 Å². The van der Waals surface area contributed by atoms with E-state index in [1.807, 2.05) is 0 Å². The fraction of sp³-hybridized carbons (Fsp3) is 0.500. The Balaban J connectivity index is 2.12. The summed E-state index contributed by atoms with van der Waals surface area (Å²) in [6, 6.07) is 4.15. The Kier molecular flexibility index (Phi) is 3.96. The molecule has 16 heavy (non-hydrogen) atoms. The SMILES string of the molecule is Cc1cc2c(cc1CCNCS)OCCO2. The molecule has 4 heteroatoms. The molecule has 1 N–H and O–H groups in total. The molecule has 0 saturated heterocycles. The molecule has 1 aliphatic heterocycles. The summed E-state index contributed by atoms with van der Waals surface area (Å²) in [6.45, 7) is 4.33. The normalized spacial score (nSPS) is 13.9. The number of nitrogens with one attached hydrogen (secondary N) is 1. The highest BCUT2D eigenvalue weighted by Gasteiger charge is 2.13. The lowest BCUT2D eigenvalue weighted by molar-refractivity contribution is 0.171. The molecule has 0 aliphatic carbocycles. The van der Waals surface area contributed by atoms with E-state index in [0.29, 0.717) is 19.1 Å². The van der Waals surface area contributed by atoms with Crippen molar-refractivity contribution in [3.63, 3.8) is 0 Å². The Morgan fingerprint density at radius 1 is 1.25 bits per heavy atom. The van der Waals surface area contributed by atoms with E-state index < -0.39 is 0 Å². The van der Waals surface area contributed by atoms with Gasteiger partial charge in [-0.15, -0.1) is 0 Å². The molecule has 1 heterocycles. The topological polar surface area (TPSA) is 30.5 Å². The number of rotatable bonds is 4. The predicted octanol–water partition coefficient (Wildman–Crippen LogP) is 1.79. The van der Waals surface area contributed by atoms with Gasteiger partial charge in [-0.3, -0.25) is 0 Å². The van der Waals surface area contributed by atoms with E-state index in [1.165, 1.54) is 11.1 Å². The molecule has 0 atom stereocenters. The minimum Gasteiger partial charge on any atom is -0.486 e. The van der Waals surface area contributed by atoms with Gasteiger partial charge in [0.25, 0.3) is 0 Å². The number of ether oxygens (including phenoxy) is 2. The zero-order valence-electron chi connectivity index (χ0n) is 9.45. The summed E-state index contributed by atoms with van der Waals surface area (Å²) in [4.78, 5) is 0. The van der Waals surface area contributed by atoms with Crippen LogP contribution in [0.5, 0.6) is 11.5 Å². The van der Waals surface area contributed by atoms with Gasteiger partial charge in [0.15, 0.2) is 11.5 Å². The maximum absolute atomic E-state index is 5.56. The van der Waals surface area contributed by atoms with Crippen LogP contribution in [0.15, 0.2) is 12.1 Å². The van der Waals surface area contributed by atoms with E-state index in [1.54, 1.807) is 0 Å². The van der Waals surface area contributed by atoms with E-state index in [9.17, 15) is 0 Å². The Labute approximate surface area is 102 Å². The van der Waals surface area contributed by atoms with E-state index in [-0.39, 0.29) is 0 Å². The van der Waals surface area contributed by atoms with Crippen LogP contribution in [-0.4, -0.2) is 25.6 Å². The molecule has 3 nitrogen and oxygen atoms in total. The van der Waals surface area contributed by atoms with Crippen LogP contribution in [0, 0.1) is 6.92 Å². The van der Waals surface area contributed by atoms with Gasteiger partial charge in [-0.25, -0.2) is 0 Å². The molecule has 0 fully saturated rings. The van der Waals surface area contributed by atoms with Crippen molar-refractivity contribution in [3.05, 3.63) is 23.3 Å². The molecule has 2 rings (SSSR count). The monoisotopic (exact) mass is 239 g/mol. The summed E-state index contributed by atoms with van der Waals surface area (Å²) >= 11 is 4.12. The number of thiol groups is 1. The Morgan fingerprint density at radius 2 is 1.94 bits per heavy atom. The minimum atomic E-state index is 0.643. The fourth-order valence-corrected chi connectivity index (χ4v) is 1.96. The van der Waals surface area contributed by atoms with E-state index in [0.717, 1.165) is 24.5 Å². The average Bonchev–Trinajstić information content (AvgIpc) is 2.30. The van der Waals surface area contributed by atoms with Crippen LogP contribution >= 0.6 is 12.6 Å². The van der Waals surface area contributed by atoms with Crippen molar-refractivity contribution < 1.29 is 9.47 Å². The lowest BCUT2D eigenvalue weighted by Crippen LogP contribution is -2.17. The van der Waals surface area contributed by atoms with Crippen molar-refractivity contribution >= 4 is 12.6 Å². The van der Waals surface area contributed by atoms with Crippen molar-refractivity contribution in [3.8, 4) is 11.5 Å².